The zero-order valence-corrected chi connectivity index (χ0v) is 7.93. The second-order valence-electron chi connectivity index (χ2n) is 3.02. The number of aromatic nitrogens is 2. The number of rotatable bonds is 2. The van der Waals surface area contributed by atoms with Crippen molar-refractivity contribution in [2.24, 2.45) is 0 Å². The second kappa shape index (κ2) is 3.79. The molecule has 0 bridgehead atoms. The molecular formula is C9H12N2O3. The molecule has 0 aromatic carbocycles. The summed E-state index contributed by atoms with van der Waals surface area (Å²) in [4.78, 5) is 8.07. The van der Waals surface area contributed by atoms with Crippen LogP contribution < -0.4 is 9.47 Å². The third-order valence-corrected chi connectivity index (χ3v) is 2.01. The highest BCUT2D eigenvalue weighted by atomic mass is 16.6. The van der Waals surface area contributed by atoms with Crippen LogP contribution in [-0.2, 0) is 0 Å². The minimum atomic E-state index is -0.633. The minimum absolute atomic E-state index is 0.386. The van der Waals surface area contributed by atoms with Crippen LogP contribution in [0.4, 0.5) is 0 Å². The summed E-state index contributed by atoms with van der Waals surface area (Å²) in [6, 6.07) is 0. The van der Waals surface area contributed by atoms with Crippen molar-refractivity contribution in [3.63, 3.8) is 0 Å². The van der Waals surface area contributed by atoms with Crippen LogP contribution in [-0.4, -0.2) is 28.3 Å². The van der Waals surface area contributed by atoms with Crippen LogP contribution in [0, 0.1) is 0 Å². The Hall–Kier alpha value is -1.36. The number of hydrogen-bond acceptors (Lipinski definition) is 5. The zero-order chi connectivity index (χ0) is 9.97. The van der Waals surface area contributed by atoms with Gasteiger partial charge in [-0.25, -0.2) is 4.98 Å². The van der Waals surface area contributed by atoms with Crippen molar-refractivity contribution < 1.29 is 14.6 Å². The highest BCUT2D eigenvalue weighted by Crippen LogP contribution is 2.27. The van der Waals surface area contributed by atoms with Crippen molar-refractivity contribution in [3.05, 3.63) is 12.0 Å². The van der Waals surface area contributed by atoms with Gasteiger partial charge in [-0.3, -0.25) is 0 Å². The number of fused-ring (bicyclic) bond motifs is 1. The molecule has 0 spiro atoms. The van der Waals surface area contributed by atoms with Crippen LogP contribution in [0.5, 0.6) is 11.6 Å². The predicted octanol–water partition coefficient (Wildman–Crippen LogP) is 0.691. The number of aliphatic hydroxyl groups excluding tert-OH is 1. The molecule has 1 unspecified atom stereocenters. The maximum Gasteiger partial charge on any atom is 0.260 e. The number of hydrogen-bond donors (Lipinski definition) is 1. The van der Waals surface area contributed by atoms with E-state index in [1.54, 1.807) is 0 Å². The van der Waals surface area contributed by atoms with E-state index in [1.165, 1.54) is 6.20 Å². The molecule has 2 rings (SSSR count). The van der Waals surface area contributed by atoms with Crippen LogP contribution in [0.1, 0.15) is 25.3 Å². The lowest BCUT2D eigenvalue weighted by Crippen LogP contribution is -2.18. The van der Waals surface area contributed by atoms with Crippen LogP contribution in [0.3, 0.4) is 0 Å². The van der Waals surface area contributed by atoms with Gasteiger partial charge in [0.2, 0.25) is 0 Å². The highest BCUT2D eigenvalue weighted by Gasteiger charge is 2.17. The van der Waals surface area contributed by atoms with E-state index in [0.29, 0.717) is 37.1 Å². The van der Waals surface area contributed by atoms with Gasteiger partial charge in [-0.1, -0.05) is 6.92 Å². The largest absolute Gasteiger partial charge is 0.483 e. The lowest BCUT2D eigenvalue weighted by Gasteiger charge is -2.17. The van der Waals surface area contributed by atoms with Crippen molar-refractivity contribution in [2.45, 2.75) is 19.4 Å². The predicted molar refractivity (Wildman–Crippen MR) is 48.3 cm³/mol. The number of ether oxygens (including phenoxy) is 2. The molecule has 5 nitrogen and oxygen atoms in total. The molecule has 0 fully saturated rings. The molecule has 14 heavy (non-hydrogen) atoms. The monoisotopic (exact) mass is 196 g/mol. The van der Waals surface area contributed by atoms with E-state index in [4.69, 9.17) is 9.47 Å². The van der Waals surface area contributed by atoms with Gasteiger partial charge in [0.1, 0.15) is 19.3 Å². The molecule has 0 saturated carbocycles. The maximum atomic E-state index is 9.51. The molecule has 2 heterocycles. The van der Waals surface area contributed by atoms with Gasteiger partial charge in [-0.05, 0) is 6.42 Å². The Balaban J connectivity index is 2.29. The van der Waals surface area contributed by atoms with Crippen molar-refractivity contribution in [1.82, 2.24) is 9.97 Å². The average molecular weight is 196 g/mol. The highest BCUT2D eigenvalue weighted by molar-refractivity contribution is 5.32. The smallest absolute Gasteiger partial charge is 0.260 e. The van der Waals surface area contributed by atoms with Gasteiger partial charge in [0.15, 0.2) is 11.6 Å². The molecule has 1 N–H and O–H groups in total. The fraction of sp³-hybridized carbons (Fsp3) is 0.556. The van der Waals surface area contributed by atoms with Gasteiger partial charge >= 0.3 is 0 Å². The van der Waals surface area contributed by atoms with Crippen molar-refractivity contribution >= 4 is 0 Å². The zero-order valence-electron chi connectivity index (χ0n) is 7.93. The van der Waals surface area contributed by atoms with Gasteiger partial charge in [0.05, 0.1) is 6.20 Å². The number of aliphatic hydroxyl groups is 1. The third-order valence-electron chi connectivity index (χ3n) is 2.01. The van der Waals surface area contributed by atoms with E-state index < -0.39 is 6.10 Å². The van der Waals surface area contributed by atoms with Gasteiger partial charge in [-0.15, -0.1) is 0 Å². The Bertz CT molecular complexity index is 330. The van der Waals surface area contributed by atoms with Crippen molar-refractivity contribution in [2.75, 3.05) is 13.2 Å². The topological polar surface area (TPSA) is 64.5 Å². The molecule has 1 aromatic rings. The first-order valence-corrected chi connectivity index (χ1v) is 4.62. The van der Waals surface area contributed by atoms with E-state index in [1.807, 2.05) is 6.92 Å². The van der Waals surface area contributed by atoms with E-state index in [-0.39, 0.29) is 0 Å². The Labute approximate surface area is 81.7 Å². The molecule has 0 radical (unpaired) electrons. The standard InChI is InChI=1S/C9H12N2O3/c1-2-6(12)8-10-5-7-9(11-8)14-4-3-13-7/h5-6,12H,2-4H2,1H3. The van der Waals surface area contributed by atoms with E-state index >= 15 is 0 Å². The molecule has 1 aromatic heterocycles. The summed E-state index contributed by atoms with van der Waals surface area (Å²) in [5.74, 6) is 1.36. The lowest BCUT2D eigenvalue weighted by atomic mass is 10.2. The summed E-state index contributed by atoms with van der Waals surface area (Å²) in [7, 11) is 0. The second-order valence-corrected chi connectivity index (χ2v) is 3.02. The van der Waals surface area contributed by atoms with Gasteiger partial charge in [0.25, 0.3) is 5.88 Å². The van der Waals surface area contributed by atoms with Crippen LogP contribution in [0.25, 0.3) is 0 Å². The first-order chi connectivity index (χ1) is 6.81. The van der Waals surface area contributed by atoms with Gasteiger partial charge in [0, 0.05) is 0 Å². The summed E-state index contributed by atoms with van der Waals surface area (Å²) in [5, 5.41) is 9.51. The fourth-order valence-corrected chi connectivity index (χ4v) is 1.20. The van der Waals surface area contributed by atoms with Crippen LogP contribution in [0.2, 0.25) is 0 Å². The van der Waals surface area contributed by atoms with Crippen molar-refractivity contribution in [3.8, 4) is 11.6 Å². The Morgan fingerprint density at radius 2 is 2.29 bits per heavy atom. The molecule has 1 atom stereocenters. The molecule has 1 aliphatic rings. The number of nitrogens with zero attached hydrogens (tertiary/aromatic N) is 2. The molecule has 0 amide bonds. The Kier molecular flexibility index (Phi) is 2.49. The van der Waals surface area contributed by atoms with Gasteiger partial charge < -0.3 is 14.6 Å². The SMILES string of the molecule is CCC(O)c1ncc2c(n1)OCCO2. The lowest BCUT2D eigenvalue weighted by molar-refractivity contribution is 0.146. The average Bonchev–Trinajstić information content (AvgIpc) is 2.27. The normalized spacial score (nSPS) is 16.4. The molecular weight excluding hydrogens is 184 g/mol. The quantitative estimate of drug-likeness (QED) is 0.754. The molecule has 1 aliphatic heterocycles. The van der Waals surface area contributed by atoms with Crippen LogP contribution >= 0.6 is 0 Å². The molecule has 5 heteroatoms. The van der Waals surface area contributed by atoms with E-state index in [2.05, 4.69) is 9.97 Å². The van der Waals surface area contributed by atoms with E-state index in [0.717, 1.165) is 0 Å². The Morgan fingerprint density at radius 3 is 3.07 bits per heavy atom. The summed E-state index contributed by atoms with van der Waals surface area (Å²) in [6.45, 7) is 2.88. The molecule has 0 aliphatic carbocycles. The molecule has 0 saturated heterocycles. The molecule has 76 valence electrons. The third kappa shape index (κ3) is 1.63. The summed E-state index contributed by atoms with van der Waals surface area (Å²) in [5.41, 5.74) is 0. The van der Waals surface area contributed by atoms with Crippen molar-refractivity contribution in [1.29, 1.82) is 0 Å². The summed E-state index contributed by atoms with van der Waals surface area (Å²) in [6.07, 6.45) is 1.49. The first-order valence-electron chi connectivity index (χ1n) is 4.62. The first kappa shape index (κ1) is 9.21. The summed E-state index contributed by atoms with van der Waals surface area (Å²) < 4.78 is 10.5. The Morgan fingerprint density at radius 1 is 1.50 bits per heavy atom. The van der Waals surface area contributed by atoms with E-state index in [9.17, 15) is 5.11 Å². The van der Waals surface area contributed by atoms with Crippen LogP contribution in [0.15, 0.2) is 6.20 Å². The fourth-order valence-electron chi connectivity index (χ4n) is 1.20. The maximum absolute atomic E-state index is 9.51. The van der Waals surface area contributed by atoms with Gasteiger partial charge in [-0.2, -0.15) is 4.98 Å². The minimum Gasteiger partial charge on any atom is -0.483 e. The summed E-state index contributed by atoms with van der Waals surface area (Å²) >= 11 is 0.